The monoisotopic (exact) mass is 339 g/mol. The number of para-hydroxylation sites is 1. The van der Waals surface area contributed by atoms with Crippen LogP contribution in [0.25, 0.3) is 0 Å². The second kappa shape index (κ2) is 8.10. The zero-order valence-corrected chi connectivity index (χ0v) is 14.5. The van der Waals surface area contributed by atoms with Crippen LogP contribution in [0, 0.1) is 6.92 Å². The Balaban J connectivity index is 2.11. The molecule has 2 rings (SSSR count). The van der Waals surface area contributed by atoms with Gasteiger partial charge in [0.1, 0.15) is 6.54 Å². The number of rotatable bonds is 5. The summed E-state index contributed by atoms with van der Waals surface area (Å²) in [5, 5.41) is 5.40. The van der Waals surface area contributed by atoms with Crippen LogP contribution in [-0.4, -0.2) is 24.3 Å². The van der Waals surface area contributed by atoms with Crippen LogP contribution in [0.5, 0.6) is 0 Å². The van der Waals surface area contributed by atoms with E-state index in [1.165, 1.54) is 18.7 Å². The Morgan fingerprint density at radius 2 is 1.56 bits per heavy atom. The zero-order chi connectivity index (χ0) is 18.4. The van der Waals surface area contributed by atoms with Gasteiger partial charge in [0, 0.05) is 30.9 Å². The lowest BCUT2D eigenvalue weighted by Crippen LogP contribution is -2.37. The third-order valence-corrected chi connectivity index (χ3v) is 3.55. The molecule has 6 heteroatoms. The van der Waals surface area contributed by atoms with Gasteiger partial charge in [0.05, 0.1) is 0 Å². The molecular weight excluding hydrogens is 318 g/mol. The minimum absolute atomic E-state index is 0.0927. The fourth-order valence-electron chi connectivity index (χ4n) is 2.45. The third-order valence-electron chi connectivity index (χ3n) is 3.55. The lowest BCUT2D eigenvalue weighted by Gasteiger charge is -2.22. The number of hydrogen-bond donors (Lipinski definition) is 2. The SMILES string of the molecule is CC(=O)Nc1cccc(NC(=O)CN(C(C)=O)c2ccccc2C)c1. The van der Waals surface area contributed by atoms with Gasteiger partial charge in [-0.25, -0.2) is 0 Å². The zero-order valence-electron chi connectivity index (χ0n) is 14.5. The Morgan fingerprint density at radius 1 is 0.920 bits per heavy atom. The van der Waals surface area contributed by atoms with Crippen molar-refractivity contribution in [2.24, 2.45) is 0 Å². The van der Waals surface area contributed by atoms with Crippen LogP contribution < -0.4 is 15.5 Å². The van der Waals surface area contributed by atoms with Crippen molar-refractivity contribution in [3.05, 3.63) is 54.1 Å². The molecular formula is C19H21N3O3. The first kappa shape index (κ1) is 18.2. The summed E-state index contributed by atoms with van der Waals surface area (Å²) in [7, 11) is 0. The van der Waals surface area contributed by atoms with E-state index in [4.69, 9.17) is 0 Å². The highest BCUT2D eigenvalue weighted by Crippen LogP contribution is 2.20. The first-order chi connectivity index (χ1) is 11.9. The number of anilines is 3. The second-order valence-electron chi connectivity index (χ2n) is 5.70. The molecule has 2 N–H and O–H groups in total. The highest BCUT2D eigenvalue weighted by atomic mass is 16.2. The maximum absolute atomic E-state index is 12.4. The van der Waals surface area contributed by atoms with E-state index in [1.807, 2.05) is 25.1 Å². The summed E-state index contributed by atoms with van der Waals surface area (Å²) in [5.41, 5.74) is 2.76. The summed E-state index contributed by atoms with van der Waals surface area (Å²) < 4.78 is 0. The average Bonchev–Trinajstić information content (AvgIpc) is 2.53. The third kappa shape index (κ3) is 5.17. The fourth-order valence-corrected chi connectivity index (χ4v) is 2.45. The summed E-state index contributed by atoms with van der Waals surface area (Å²) >= 11 is 0. The maximum atomic E-state index is 12.4. The molecule has 0 saturated carbocycles. The molecule has 0 spiro atoms. The summed E-state index contributed by atoms with van der Waals surface area (Å²) in [6.45, 7) is 4.64. The Bertz CT molecular complexity index is 802. The molecule has 0 aliphatic rings. The van der Waals surface area contributed by atoms with Crippen molar-refractivity contribution in [2.75, 3.05) is 22.1 Å². The number of carbonyl (C=O) groups excluding carboxylic acids is 3. The highest BCUT2D eigenvalue weighted by Gasteiger charge is 2.17. The van der Waals surface area contributed by atoms with E-state index >= 15 is 0 Å². The van der Waals surface area contributed by atoms with Crippen molar-refractivity contribution in [1.82, 2.24) is 0 Å². The normalized spacial score (nSPS) is 10.0. The van der Waals surface area contributed by atoms with Crippen molar-refractivity contribution in [2.45, 2.75) is 20.8 Å². The maximum Gasteiger partial charge on any atom is 0.244 e. The van der Waals surface area contributed by atoms with E-state index in [0.29, 0.717) is 17.1 Å². The van der Waals surface area contributed by atoms with Gasteiger partial charge in [0.2, 0.25) is 17.7 Å². The Labute approximate surface area is 146 Å². The van der Waals surface area contributed by atoms with Crippen LogP contribution in [-0.2, 0) is 14.4 Å². The molecule has 3 amide bonds. The standard InChI is InChI=1S/C19H21N3O3/c1-13-7-4-5-10-18(13)22(15(3)24)12-19(25)21-17-9-6-8-16(11-17)20-14(2)23/h4-11H,12H2,1-3H3,(H,20,23)(H,21,25). The van der Waals surface area contributed by atoms with Gasteiger partial charge in [-0.2, -0.15) is 0 Å². The summed E-state index contributed by atoms with van der Waals surface area (Å²) in [5.74, 6) is -0.722. The van der Waals surface area contributed by atoms with Gasteiger partial charge in [-0.15, -0.1) is 0 Å². The number of aryl methyl sites for hydroxylation is 1. The molecule has 0 bridgehead atoms. The van der Waals surface area contributed by atoms with Gasteiger partial charge < -0.3 is 15.5 Å². The van der Waals surface area contributed by atoms with E-state index < -0.39 is 0 Å². The number of carbonyl (C=O) groups is 3. The van der Waals surface area contributed by atoms with Crippen molar-refractivity contribution >= 4 is 34.8 Å². The van der Waals surface area contributed by atoms with Gasteiger partial charge in [-0.05, 0) is 36.8 Å². The molecule has 0 fully saturated rings. The summed E-state index contributed by atoms with van der Waals surface area (Å²) in [4.78, 5) is 36.9. The quantitative estimate of drug-likeness (QED) is 0.879. The van der Waals surface area contributed by atoms with E-state index in [2.05, 4.69) is 10.6 Å². The lowest BCUT2D eigenvalue weighted by atomic mass is 10.2. The van der Waals surface area contributed by atoms with Crippen LogP contribution in [0.4, 0.5) is 17.1 Å². The van der Waals surface area contributed by atoms with Crippen LogP contribution >= 0.6 is 0 Å². The number of hydrogen-bond acceptors (Lipinski definition) is 3. The molecule has 130 valence electrons. The van der Waals surface area contributed by atoms with Crippen LogP contribution in [0.3, 0.4) is 0 Å². The Morgan fingerprint density at radius 3 is 2.16 bits per heavy atom. The van der Waals surface area contributed by atoms with Crippen LogP contribution in [0.2, 0.25) is 0 Å². The topological polar surface area (TPSA) is 78.5 Å². The van der Waals surface area contributed by atoms with E-state index in [1.54, 1.807) is 30.3 Å². The fraction of sp³-hybridized carbons (Fsp3) is 0.211. The molecule has 0 radical (unpaired) electrons. The molecule has 0 unspecified atom stereocenters. The van der Waals surface area contributed by atoms with Gasteiger partial charge in [0.15, 0.2) is 0 Å². The lowest BCUT2D eigenvalue weighted by molar-refractivity contribution is -0.120. The van der Waals surface area contributed by atoms with Crippen LogP contribution in [0.15, 0.2) is 48.5 Å². The van der Waals surface area contributed by atoms with Gasteiger partial charge in [0.25, 0.3) is 0 Å². The summed E-state index contributed by atoms with van der Waals surface area (Å²) in [6.07, 6.45) is 0. The predicted octanol–water partition coefficient (Wildman–Crippen LogP) is 2.95. The summed E-state index contributed by atoms with van der Waals surface area (Å²) in [6, 6.07) is 14.2. The molecule has 2 aromatic carbocycles. The number of nitrogens with zero attached hydrogens (tertiary/aromatic N) is 1. The van der Waals surface area contributed by atoms with E-state index in [9.17, 15) is 14.4 Å². The van der Waals surface area contributed by atoms with Crippen LogP contribution in [0.1, 0.15) is 19.4 Å². The average molecular weight is 339 g/mol. The molecule has 0 aromatic heterocycles. The van der Waals surface area contributed by atoms with Crippen molar-refractivity contribution in [1.29, 1.82) is 0 Å². The molecule has 6 nitrogen and oxygen atoms in total. The number of amides is 3. The predicted molar refractivity (Wildman–Crippen MR) is 98.6 cm³/mol. The molecule has 0 aliphatic heterocycles. The smallest absolute Gasteiger partial charge is 0.244 e. The van der Waals surface area contributed by atoms with Crippen molar-refractivity contribution in [3.63, 3.8) is 0 Å². The van der Waals surface area contributed by atoms with Crippen molar-refractivity contribution in [3.8, 4) is 0 Å². The molecule has 2 aromatic rings. The first-order valence-electron chi connectivity index (χ1n) is 7.88. The molecule has 25 heavy (non-hydrogen) atoms. The van der Waals surface area contributed by atoms with Gasteiger partial charge in [-0.1, -0.05) is 24.3 Å². The second-order valence-corrected chi connectivity index (χ2v) is 5.70. The molecule has 0 aliphatic carbocycles. The molecule has 0 heterocycles. The molecule has 0 saturated heterocycles. The minimum Gasteiger partial charge on any atom is -0.326 e. The first-order valence-corrected chi connectivity index (χ1v) is 7.88. The highest BCUT2D eigenvalue weighted by molar-refractivity contribution is 6.02. The number of nitrogens with one attached hydrogen (secondary N) is 2. The number of benzene rings is 2. The Kier molecular flexibility index (Phi) is 5.89. The Hall–Kier alpha value is -3.15. The van der Waals surface area contributed by atoms with E-state index in [0.717, 1.165) is 5.56 Å². The minimum atomic E-state index is -0.321. The molecule has 0 atom stereocenters. The largest absolute Gasteiger partial charge is 0.326 e. The van der Waals surface area contributed by atoms with Gasteiger partial charge in [-0.3, -0.25) is 14.4 Å². The van der Waals surface area contributed by atoms with Crippen molar-refractivity contribution < 1.29 is 14.4 Å². The van der Waals surface area contributed by atoms with Gasteiger partial charge >= 0.3 is 0 Å². The van der Waals surface area contributed by atoms with E-state index in [-0.39, 0.29) is 24.3 Å².